The number of hydrogen-bond donors (Lipinski definition) is 0. The molecule has 1 rings (SSSR count). The van der Waals surface area contributed by atoms with Gasteiger partial charge < -0.3 is 14.4 Å². The van der Waals surface area contributed by atoms with E-state index in [2.05, 4.69) is 4.98 Å². The highest BCUT2D eigenvalue weighted by atomic mass is 32.1. The fourth-order valence-electron chi connectivity index (χ4n) is 2.49. The molecule has 0 radical (unpaired) electrons. The summed E-state index contributed by atoms with van der Waals surface area (Å²) in [5, 5.41) is 2.67. The molecule has 25 heavy (non-hydrogen) atoms. The van der Waals surface area contributed by atoms with Crippen LogP contribution in [0.15, 0.2) is 5.38 Å². The lowest BCUT2D eigenvalue weighted by molar-refractivity contribution is -0.147. The first-order valence-corrected chi connectivity index (χ1v) is 9.33. The third kappa shape index (κ3) is 7.02. The van der Waals surface area contributed by atoms with Crippen molar-refractivity contribution in [3.8, 4) is 0 Å². The molecule has 142 valence electrons. The molecule has 0 aromatic carbocycles. The summed E-state index contributed by atoms with van der Waals surface area (Å²) in [4.78, 5) is 30.0. The van der Waals surface area contributed by atoms with Crippen molar-refractivity contribution in [2.24, 2.45) is 5.92 Å². The molecule has 0 fully saturated rings. The van der Waals surface area contributed by atoms with Crippen LogP contribution in [-0.4, -0.2) is 40.6 Å². The average Bonchev–Trinajstić information content (AvgIpc) is 2.86. The smallest absolute Gasteiger partial charge is 0.410 e. The fraction of sp³-hybridized carbons (Fsp3) is 0.722. The van der Waals surface area contributed by atoms with Crippen LogP contribution >= 0.6 is 11.3 Å². The van der Waals surface area contributed by atoms with Gasteiger partial charge in [-0.2, -0.15) is 0 Å². The van der Waals surface area contributed by atoms with E-state index in [0.29, 0.717) is 6.42 Å². The molecular weight excluding hydrogens is 340 g/mol. The highest BCUT2D eigenvalue weighted by Gasteiger charge is 2.32. The second-order valence-electron chi connectivity index (χ2n) is 7.56. The lowest BCUT2D eigenvalue weighted by atomic mass is 9.96. The molecular formula is C18H30N2O4S. The summed E-state index contributed by atoms with van der Waals surface area (Å²) < 4.78 is 11.0. The van der Waals surface area contributed by atoms with E-state index in [0.717, 1.165) is 10.7 Å². The number of carbonyl (C=O) groups excluding carboxylic acids is 2. The van der Waals surface area contributed by atoms with Crippen LogP contribution in [0.3, 0.4) is 0 Å². The van der Waals surface area contributed by atoms with Crippen molar-refractivity contribution in [2.75, 3.05) is 7.05 Å². The molecule has 7 heteroatoms. The molecule has 0 bridgehead atoms. The van der Waals surface area contributed by atoms with Gasteiger partial charge in [0, 0.05) is 37.5 Å². The summed E-state index contributed by atoms with van der Waals surface area (Å²) in [5.41, 5.74) is 0.327. The van der Waals surface area contributed by atoms with Crippen molar-refractivity contribution in [3.05, 3.63) is 16.1 Å². The third-order valence-electron chi connectivity index (χ3n) is 3.62. The number of esters is 1. The zero-order valence-electron chi connectivity index (χ0n) is 16.5. The first-order chi connectivity index (χ1) is 11.4. The van der Waals surface area contributed by atoms with Crippen LogP contribution in [0.25, 0.3) is 0 Å². The Balaban J connectivity index is 2.98. The van der Waals surface area contributed by atoms with Crippen LogP contribution in [0.2, 0.25) is 0 Å². The summed E-state index contributed by atoms with van der Waals surface area (Å²) in [5.74, 6) is -0.197. The standard InChI is InChI=1S/C18H30N2O4S/c1-11(2)14(20(8)17(22)24-18(5,6)7)9-15(23-13(4)21)16-19-12(3)10-25-16/h10-11,14-15H,9H2,1-8H3/t14-,15-/m0/s1. The molecule has 1 aromatic rings. The molecule has 0 unspecified atom stereocenters. The summed E-state index contributed by atoms with van der Waals surface area (Å²) in [6, 6.07) is -0.150. The first-order valence-electron chi connectivity index (χ1n) is 8.45. The topological polar surface area (TPSA) is 68.7 Å². The van der Waals surface area contributed by atoms with Gasteiger partial charge in [0.15, 0.2) is 6.10 Å². The molecule has 0 saturated heterocycles. The van der Waals surface area contributed by atoms with Crippen LogP contribution in [0, 0.1) is 12.8 Å². The van der Waals surface area contributed by atoms with Crippen LogP contribution in [0.5, 0.6) is 0 Å². The van der Waals surface area contributed by atoms with Gasteiger partial charge in [0.1, 0.15) is 10.6 Å². The van der Waals surface area contributed by atoms with Gasteiger partial charge in [-0.25, -0.2) is 9.78 Å². The maximum Gasteiger partial charge on any atom is 0.410 e. The number of nitrogens with zero attached hydrogens (tertiary/aromatic N) is 2. The Morgan fingerprint density at radius 1 is 1.32 bits per heavy atom. The fourth-order valence-corrected chi connectivity index (χ4v) is 3.32. The molecule has 0 saturated carbocycles. The molecule has 6 nitrogen and oxygen atoms in total. The largest absolute Gasteiger partial charge is 0.455 e. The van der Waals surface area contributed by atoms with Gasteiger partial charge in [0.2, 0.25) is 0 Å². The van der Waals surface area contributed by atoms with Crippen molar-refractivity contribution in [2.45, 2.75) is 72.6 Å². The maximum absolute atomic E-state index is 12.4. The van der Waals surface area contributed by atoms with Crippen molar-refractivity contribution >= 4 is 23.4 Å². The number of aromatic nitrogens is 1. The van der Waals surface area contributed by atoms with E-state index in [-0.39, 0.29) is 24.0 Å². The molecule has 0 spiro atoms. The SMILES string of the molecule is CC(=O)O[C@@H](C[C@@H](C(C)C)N(C)C(=O)OC(C)(C)C)c1nc(C)cs1. The van der Waals surface area contributed by atoms with E-state index in [9.17, 15) is 9.59 Å². The molecule has 2 atom stereocenters. The van der Waals surface area contributed by atoms with Crippen LogP contribution in [-0.2, 0) is 14.3 Å². The van der Waals surface area contributed by atoms with Crippen molar-refractivity contribution < 1.29 is 19.1 Å². The molecule has 1 amide bonds. The number of carbonyl (C=O) groups is 2. The summed E-state index contributed by atoms with van der Waals surface area (Å²) in [7, 11) is 1.72. The minimum absolute atomic E-state index is 0.150. The van der Waals surface area contributed by atoms with Gasteiger partial charge in [-0.3, -0.25) is 4.79 Å². The van der Waals surface area contributed by atoms with Gasteiger partial charge in [-0.1, -0.05) is 13.8 Å². The van der Waals surface area contributed by atoms with E-state index in [4.69, 9.17) is 9.47 Å². The van der Waals surface area contributed by atoms with Crippen LogP contribution in [0.1, 0.15) is 64.8 Å². The second kappa shape index (κ2) is 8.65. The van der Waals surface area contributed by atoms with E-state index >= 15 is 0 Å². The molecule has 0 aliphatic heterocycles. The lowest BCUT2D eigenvalue weighted by Gasteiger charge is -2.34. The lowest BCUT2D eigenvalue weighted by Crippen LogP contribution is -2.44. The Kier molecular flexibility index (Phi) is 7.41. The average molecular weight is 371 g/mol. The predicted octanol–water partition coefficient (Wildman–Crippen LogP) is 4.34. The van der Waals surface area contributed by atoms with E-state index in [1.807, 2.05) is 46.9 Å². The summed E-state index contributed by atoms with van der Waals surface area (Å²) in [6.45, 7) is 12.9. The summed E-state index contributed by atoms with van der Waals surface area (Å²) in [6.07, 6.45) is -0.392. The molecule has 0 N–H and O–H groups in total. The quantitative estimate of drug-likeness (QED) is 0.697. The molecule has 1 aromatic heterocycles. The van der Waals surface area contributed by atoms with E-state index in [1.54, 1.807) is 11.9 Å². The molecule has 0 aliphatic rings. The first kappa shape index (κ1) is 21.4. The zero-order chi connectivity index (χ0) is 19.4. The normalized spacial score (nSPS) is 14.1. The van der Waals surface area contributed by atoms with Crippen molar-refractivity contribution in [3.63, 3.8) is 0 Å². The van der Waals surface area contributed by atoms with Crippen molar-refractivity contribution in [1.29, 1.82) is 0 Å². The molecule has 0 aliphatic carbocycles. The number of ether oxygens (including phenoxy) is 2. The third-order valence-corrected chi connectivity index (χ3v) is 4.68. The minimum Gasteiger partial charge on any atom is -0.455 e. The predicted molar refractivity (Wildman–Crippen MR) is 98.6 cm³/mol. The summed E-state index contributed by atoms with van der Waals surface area (Å²) >= 11 is 1.46. The second-order valence-corrected chi connectivity index (χ2v) is 8.45. The maximum atomic E-state index is 12.4. The Labute approximate surface area is 154 Å². The van der Waals surface area contributed by atoms with Crippen LogP contribution in [0.4, 0.5) is 4.79 Å². The van der Waals surface area contributed by atoms with Gasteiger partial charge in [0.05, 0.1) is 0 Å². The van der Waals surface area contributed by atoms with Gasteiger partial charge in [0.25, 0.3) is 0 Å². The Morgan fingerprint density at radius 3 is 2.32 bits per heavy atom. The van der Waals surface area contributed by atoms with E-state index < -0.39 is 11.7 Å². The number of hydrogen-bond acceptors (Lipinski definition) is 6. The highest BCUT2D eigenvalue weighted by Crippen LogP contribution is 2.30. The van der Waals surface area contributed by atoms with Crippen molar-refractivity contribution in [1.82, 2.24) is 9.88 Å². The Bertz CT molecular complexity index is 592. The monoisotopic (exact) mass is 370 g/mol. The van der Waals surface area contributed by atoms with E-state index in [1.165, 1.54) is 18.3 Å². The molecule has 1 heterocycles. The Morgan fingerprint density at radius 2 is 1.92 bits per heavy atom. The minimum atomic E-state index is -0.561. The number of thiazole rings is 1. The van der Waals surface area contributed by atoms with Crippen LogP contribution < -0.4 is 0 Å². The van der Waals surface area contributed by atoms with Gasteiger partial charge in [-0.15, -0.1) is 11.3 Å². The zero-order valence-corrected chi connectivity index (χ0v) is 17.3. The Hall–Kier alpha value is -1.63. The number of rotatable bonds is 6. The highest BCUT2D eigenvalue weighted by molar-refractivity contribution is 7.09. The van der Waals surface area contributed by atoms with Gasteiger partial charge in [-0.05, 0) is 33.6 Å². The van der Waals surface area contributed by atoms with Gasteiger partial charge >= 0.3 is 12.1 Å². The number of amides is 1. The number of aryl methyl sites for hydroxylation is 1.